The lowest BCUT2D eigenvalue weighted by Crippen LogP contribution is -2.27. The van der Waals surface area contributed by atoms with Crippen LogP contribution in [0.2, 0.25) is 0 Å². The smallest absolute Gasteiger partial charge is 0.222 e. The molecule has 1 saturated heterocycles. The van der Waals surface area contributed by atoms with Gasteiger partial charge >= 0.3 is 0 Å². The summed E-state index contributed by atoms with van der Waals surface area (Å²) >= 11 is 2.04. The molecule has 2 heterocycles. The summed E-state index contributed by atoms with van der Waals surface area (Å²) in [6.45, 7) is 5.16. The number of aromatic nitrogens is 2. The van der Waals surface area contributed by atoms with E-state index >= 15 is 0 Å². The molecule has 0 spiro atoms. The Morgan fingerprint density at radius 3 is 3.00 bits per heavy atom. The van der Waals surface area contributed by atoms with Crippen LogP contribution in [0.5, 0.6) is 0 Å². The van der Waals surface area contributed by atoms with Crippen molar-refractivity contribution in [2.75, 3.05) is 23.3 Å². The van der Waals surface area contributed by atoms with Gasteiger partial charge in [-0.1, -0.05) is 0 Å². The van der Waals surface area contributed by atoms with Crippen molar-refractivity contribution in [3.05, 3.63) is 11.8 Å². The van der Waals surface area contributed by atoms with Crippen molar-refractivity contribution < 1.29 is 0 Å². The summed E-state index contributed by atoms with van der Waals surface area (Å²) in [5.74, 6) is 2.44. The number of nitrogen functional groups attached to an aromatic ring is 1. The fraction of sp³-hybridized carbons (Fsp3) is 0.636. The molecule has 0 radical (unpaired) electrons. The second-order valence-corrected chi connectivity index (χ2v) is 6.19. The number of anilines is 2. The van der Waals surface area contributed by atoms with Crippen LogP contribution in [0, 0.1) is 6.92 Å². The van der Waals surface area contributed by atoms with Crippen LogP contribution in [0.15, 0.2) is 6.07 Å². The van der Waals surface area contributed by atoms with Crippen LogP contribution in [-0.2, 0) is 0 Å². The third-order valence-electron chi connectivity index (χ3n) is 2.82. The van der Waals surface area contributed by atoms with Crippen LogP contribution in [0.1, 0.15) is 25.5 Å². The van der Waals surface area contributed by atoms with E-state index in [1.165, 1.54) is 18.6 Å². The number of aryl methyl sites for hydroxylation is 1. The van der Waals surface area contributed by atoms with Crippen molar-refractivity contribution in [1.82, 2.24) is 9.97 Å². The molecule has 0 bridgehead atoms. The highest BCUT2D eigenvalue weighted by Crippen LogP contribution is 2.37. The van der Waals surface area contributed by atoms with Crippen molar-refractivity contribution in [2.45, 2.75) is 31.4 Å². The first-order chi connectivity index (χ1) is 7.57. The number of hydrogen-bond donors (Lipinski definition) is 2. The van der Waals surface area contributed by atoms with Crippen molar-refractivity contribution in [3.8, 4) is 0 Å². The summed E-state index contributed by atoms with van der Waals surface area (Å²) in [5, 5.41) is 3.36. The van der Waals surface area contributed by atoms with Gasteiger partial charge in [-0.15, -0.1) is 0 Å². The van der Waals surface area contributed by atoms with Crippen LogP contribution in [-0.4, -0.2) is 27.0 Å². The van der Waals surface area contributed by atoms with E-state index in [2.05, 4.69) is 22.2 Å². The van der Waals surface area contributed by atoms with E-state index in [-0.39, 0.29) is 0 Å². The van der Waals surface area contributed by atoms with Crippen molar-refractivity contribution in [1.29, 1.82) is 0 Å². The maximum atomic E-state index is 5.61. The van der Waals surface area contributed by atoms with Gasteiger partial charge in [0.2, 0.25) is 5.95 Å². The van der Waals surface area contributed by atoms with Crippen LogP contribution in [0.4, 0.5) is 11.8 Å². The fourth-order valence-electron chi connectivity index (χ4n) is 1.94. The molecular formula is C11H18N4S. The molecule has 4 nitrogen and oxygen atoms in total. The third-order valence-corrected chi connectivity index (χ3v) is 4.35. The number of nitrogens with zero attached hydrogens (tertiary/aromatic N) is 2. The molecule has 88 valence electrons. The number of thioether (sulfide) groups is 1. The second-order valence-electron chi connectivity index (χ2n) is 4.51. The van der Waals surface area contributed by atoms with E-state index in [0.717, 1.165) is 18.1 Å². The Morgan fingerprint density at radius 2 is 2.38 bits per heavy atom. The summed E-state index contributed by atoms with van der Waals surface area (Å²) in [6.07, 6.45) is 2.58. The SMILES string of the molecule is Cc1cc(NCC2(C)CCCS2)nc(N)n1. The molecular weight excluding hydrogens is 220 g/mol. The molecule has 1 aliphatic rings. The summed E-state index contributed by atoms with van der Waals surface area (Å²) in [6, 6.07) is 1.93. The fourth-order valence-corrected chi connectivity index (χ4v) is 3.18. The molecule has 0 aliphatic carbocycles. The summed E-state index contributed by atoms with van der Waals surface area (Å²) in [7, 11) is 0. The molecule has 1 aliphatic heterocycles. The highest BCUT2D eigenvalue weighted by atomic mass is 32.2. The van der Waals surface area contributed by atoms with Gasteiger partial charge in [0, 0.05) is 23.1 Å². The van der Waals surface area contributed by atoms with Gasteiger partial charge < -0.3 is 11.1 Å². The lowest BCUT2D eigenvalue weighted by atomic mass is 10.1. The molecule has 0 aromatic carbocycles. The first-order valence-corrected chi connectivity index (χ1v) is 6.55. The lowest BCUT2D eigenvalue weighted by Gasteiger charge is -2.23. The molecule has 1 aromatic rings. The van der Waals surface area contributed by atoms with Crippen molar-refractivity contribution in [3.63, 3.8) is 0 Å². The maximum Gasteiger partial charge on any atom is 0.222 e. The Bertz CT molecular complexity index is 354. The Morgan fingerprint density at radius 1 is 1.56 bits per heavy atom. The monoisotopic (exact) mass is 238 g/mol. The van der Waals surface area contributed by atoms with E-state index in [1.54, 1.807) is 0 Å². The molecule has 0 saturated carbocycles. The van der Waals surface area contributed by atoms with Gasteiger partial charge in [-0.2, -0.15) is 16.7 Å². The minimum Gasteiger partial charge on any atom is -0.369 e. The first-order valence-electron chi connectivity index (χ1n) is 5.56. The predicted molar refractivity (Wildman–Crippen MR) is 69.8 cm³/mol. The molecule has 3 N–H and O–H groups in total. The number of hydrogen-bond acceptors (Lipinski definition) is 5. The highest BCUT2D eigenvalue weighted by molar-refractivity contribution is 8.00. The Balaban J connectivity index is 1.98. The normalized spacial score (nSPS) is 24.6. The van der Waals surface area contributed by atoms with Crippen LogP contribution in [0.3, 0.4) is 0 Å². The second kappa shape index (κ2) is 4.49. The molecule has 1 atom stereocenters. The molecule has 1 aromatic heterocycles. The van der Waals surface area contributed by atoms with Gasteiger partial charge in [0.25, 0.3) is 0 Å². The lowest BCUT2D eigenvalue weighted by molar-refractivity contribution is 0.633. The van der Waals surface area contributed by atoms with E-state index in [0.29, 0.717) is 10.7 Å². The molecule has 16 heavy (non-hydrogen) atoms. The van der Waals surface area contributed by atoms with E-state index in [4.69, 9.17) is 5.73 Å². The zero-order chi connectivity index (χ0) is 11.6. The Kier molecular flexibility index (Phi) is 3.23. The van der Waals surface area contributed by atoms with Crippen LogP contribution >= 0.6 is 11.8 Å². The summed E-state index contributed by atoms with van der Waals surface area (Å²) in [5.41, 5.74) is 6.51. The topological polar surface area (TPSA) is 63.8 Å². The highest BCUT2D eigenvalue weighted by Gasteiger charge is 2.29. The Hall–Kier alpha value is -0.970. The minimum atomic E-state index is 0.340. The van der Waals surface area contributed by atoms with Gasteiger partial charge in [0.1, 0.15) is 5.82 Å². The van der Waals surface area contributed by atoms with Gasteiger partial charge in [0.15, 0.2) is 0 Å². The van der Waals surface area contributed by atoms with Crippen molar-refractivity contribution in [2.24, 2.45) is 0 Å². The molecule has 1 fully saturated rings. The average molecular weight is 238 g/mol. The van der Waals surface area contributed by atoms with Gasteiger partial charge in [-0.05, 0) is 32.4 Å². The van der Waals surface area contributed by atoms with E-state index in [9.17, 15) is 0 Å². The summed E-state index contributed by atoms with van der Waals surface area (Å²) < 4.78 is 0.341. The number of nitrogens with two attached hydrogens (primary N) is 1. The Labute approximate surface area is 100 Å². The number of nitrogens with one attached hydrogen (secondary N) is 1. The predicted octanol–water partition coefficient (Wildman–Crippen LogP) is 2.06. The largest absolute Gasteiger partial charge is 0.369 e. The quantitative estimate of drug-likeness (QED) is 0.844. The van der Waals surface area contributed by atoms with E-state index in [1.807, 2.05) is 24.8 Å². The molecule has 2 rings (SSSR count). The van der Waals surface area contributed by atoms with Crippen LogP contribution in [0.25, 0.3) is 0 Å². The average Bonchev–Trinajstić information content (AvgIpc) is 2.62. The third kappa shape index (κ3) is 2.78. The van der Waals surface area contributed by atoms with Gasteiger partial charge in [0.05, 0.1) is 0 Å². The molecule has 5 heteroatoms. The molecule has 0 amide bonds. The number of rotatable bonds is 3. The molecule has 1 unspecified atom stereocenters. The van der Waals surface area contributed by atoms with Crippen molar-refractivity contribution >= 4 is 23.5 Å². The van der Waals surface area contributed by atoms with Gasteiger partial charge in [-0.25, -0.2) is 4.98 Å². The first kappa shape index (κ1) is 11.5. The summed E-state index contributed by atoms with van der Waals surface area (Å²) in [4.78, 5) is 8.23. The zero-order valence-electron chi connectivity index (χ0n) is 9.79. The minimum absolute atomic E-state index is 0.340. The standard InChI is InChI=1S/C11H18N4S/c1-8-6-9(15-10(12)14-8)13-7-11(2)4-3-5-16-11/h6H,3-5,7H2,1-2H3,(H3,12,13,14,15). The van der Waals surface area contributed by atoms with Crippen LogP contribution < -0.4 is 11.1 Å². The maximum absolute atomic E-state index is 5.61. The van der Waals surface area contributed by atoms with Gasteiger partial charge in [-0.3, -0.25) is 0 Å². The zero-order valence-corrected chi connectivity index (χ0v) is 10.6. The van der Waals surface area contributed by atoms with E-state index < -0.39 is 0 Å².